The normalized spacial score (nSPS) is 18.7. The Morgan fingerprint density at radius 3 is 1.90 bits per heavy atom. The highest BCUT2D eigenvalue weighted by molar-refractivity contribution is 7.55. The highest BCUT2D eigenvalue weighted by Gasteiger charge is 2.51. The lowest BCUT2D eigenvalue weighted by Gasteiger charge is -2.30. The molecule has 2 heterocycles. The monoisotopic (exact) mass is 312 g/mol. The molecular formula is C12H13N2O6P. The molecule has 8 nitrogen and oxygen atoms in total. The van der Waals surface area contributed by atoms with Crippen LogP contribution in [0.1, 0.15) is 0 Å². The van der Waals surface area contributed by atoms with Crippen molar-refractivity contribution in [3.63, 3.8) is 0 Å². The molecule has 0 saturated carbocycles. The van der Waals surface area contributed by atoms with E-state index in [0.717, 1.165) is 9.34 Å². The molecule has 1 aromatic carbocycles. The first-order chi connectivity index (χ1) is 10.1. The van der Waals surface area contributed by atoms with Crippen molar-refractivity contribution in [1.82, 2.24) is 9.34 Å². The lowest BCUT2D eigenvalue weighted by Crippen LogP contribution is -2.35. The largest absolute Gasteiger partial charge is 0.459 e. The van der Waals surface area contributed by atoms with E-state index in [1.165, 1.54) is 0 Å². The molecule has 21 heavy (non-hydrogen) atoms. The van der Waals surface area contributed by atoms with E-state index in [9.17, 15) is 14.2 Å². The van der Waals surface area contributed by atoms with E-state index in [2.05, 4.69) is 0 Å². The number of hydrogen-bond acceptors (Lipinski definition) is 6. The molecule has 2 saturated heterocycles. The topological polar surface area (TPSA) is 85.4 Å². The molecule has 3 rings (SSSR count). The second-order valence-electron chi connectivity index (χ2n) is 4.37. The third kappa shape index (κ3) is 2.42. The van der Waals surface area contributed by atoms with Gasteiger partial charge in [0.1, 0.15) is 19.0 Å². The maximum Gasteiger partial charge on any atom is 0.459 e. The molecule has 0 bridgehead atoms. The van der Waals surface area contributed by atoms with Crippen molar-refractivity contribution < 1.29 is 28.2 Å². The van der Waals surface area contributed by atoms with Crippen LogP contribution in [0, 0.1) is 0 Å². The average molecular weight is 312 g/mol. The number of amides is 2. The number of cyclic esters (lactones) is 2. The van der Waals surface area contributed by atoms with Crippen LogP contribution >= 0.6 is 7.67 Å². The number of nitrogens with zero attached hydrogens (tertiary/aromatic N) is 2. The van der Waals surface area contributed by atoms with Crippen LogP contribution in [0.4, 0.5) is 9.59 Å². The molecule has 0 aliphatic carbocycles. The summed E-state index contributed by atoms with van der Waals surface area (Å²) in [5.41, 5.74) is 0. The van der Waals surface area contributed by atoms with Crippen LogP contribution in [0.25, 0.3) is 0 Å². The summed E-state index contributed by atoms with van der Waals surface area (Å²) in [6, 6.07) is 8.35. The van der Waals surface area contributed by atoms with Crippen LogP contribution in [0.3, 0.4) is 0 Å². The van der Waals surface area contributed by atoms with E-state index in [0.29, 0.717) is 5.75 Å². The molecule has 2 fully saturated rings. The van der Waals surface area contributed by atoms with Gasteiger partial charge in [0.15, 0.2) is 0 Å². The van der Waals surface area contributed by atoms with E-state index in [-0.39, 0.29) is 26.3 Å². The Bertz CT molecular complexity index is 577. The Hall–Kier alpha value is -2.21. The number of rotatable bonds is 4. The third-order valence-corrected chi connectivity index (χ3v) is 5.45. The summed E-state index contributed by atoms with van der Waals surface area (Å²) < 4.78 is 30.3. The van der Waals surface area contributed by atoms with Crippen molar-refractivity contribution in [2.75, 3.05) is 26.3 Å². The van der Waals surface area contributed by atoms with Gasteiger partial charge >= 0.3 is 19.9 Å². The van der Waals surface area contributed by atoms with E-state index >= 15 is 0 Å². The minimum Gasteiger partial charge on any atom is -0.447 e. The van der Waals surface area contributed by atoms with Crippen LogP contribution in [0.2, 0.25) is 0 Å². The maximum absolute atomic E-state index is 13.2. The molecule has 1 aromatic rings. The Labute approximate surface area is 120 Å². The summed E-state index contributed by atoms with van der Waals surface area (Å²) in [6.45, 7) is 0.382. The van der Waals surface area contributed by atoms with Crippen molar-refractivity contribution in [1.29, 1.82) is 0 Å². The molecule has 0 aromatic heterocycles. The van der Waals surface area contributed by atoms with Crippen molar-refractivity contribution >= 4 is 19.9 Å². The molecule has 0 N–H and O–H groups in total. The highest BCUT2D eigenvalue weighted by Crippen LogP contribution is 2.56. The molecule has 2 aliphatic rings. The fraction of sp³-hybridized carbons (Fsp3) is 0.333. The van der Waals surface area contributed by atoms with Gasteiger partial charge in [0.25, 0.3) is 0 Å². The van der Waals surface area contributed by atoms with Gasteiger partial charge in [-0.1, -0.05) is 18.2 Å². The van der Waals surface area contributed by atoms with E-state index in [1.807, 2.05) is 0 Å². The van der Waals surface area contributed by atoms with Gasteiger partial charge < -0.3 is 14.0 Å². The average Bonchev–Trinajstić information content (AvgIpc) is 3.09. The van der Waals surface area contributed by atoms with E-state index in [4.69, 9.17) is 14.0 Å². The zero-order chi connectivity index (χ0) is 14.9. The van der Waals surface area contributed by atoms with Gasteiger partial charge in [0.05, 0.1) is 13.1 Å². The molecule has 0 spiro atoms. The molecule has 0 unspecified atom stereocenters. The summed E-state index contributed by atoms with van der Waals surface area (Å²) in [4.78, 5) is 23.5. The number of hydrogen-bond donors (Lipinski definition) is 0. The lowest BCUT2D eigenvalue weighted by molar-refractivity contribution is 0.161. The van der Waals surface area contributed by atoms with Crippen molar-refractivity contribution in [2.24, 2.45) is 0 Å². The van der Waals surface area contributed by atoms with Crippen LogP contribution in [0.15, 0.2) is 30.3 Å². The van der Waals surface area contributed by atoms with Gasteiger partial charge in [-0.2, -0.15) is 0 Å². The quantitative estimate of drug-likeness (QED) is 0.791. The molecule has 9 heteroatoms. The van der Waals surface area contributed by atoms with Crippen molar-refractivity contribution in [3.05, 3.63) is 30.3 Å². The molecule has 0 radical (unpaired) electrons. The van der Waals surface area contributed by atoms with Crippen LogP contribution in [-0.4, -0.2) is 47.8 Å². The predicted molar refractivity (Wildman–Crippen MR) is 70.8 cm³/mol. The Kier molecular flexibility index (Phi) is 3.47. The first-order valence-corrected chi connectivity index (χ1v) is 7.88. The summed E-state index contributed by atoms with van der Waals surface area (Å²) in [6.07, 6.45) is -1.54. The highest BCUT2D eigenvalue weighted by atomic mass is 31.2. The molecular weight excluding hydrogens is 299 g/mol. The molecule has 2 aliphatic heterocycles. The fourth-order valence-electron chi connectivity index (χ4n) is 2.08. The van der Waals surface area contributed by atoms with Crippen molar-refractivity contribution in [3.8, 4) is 5.75 Å². The van der Waals surface area contributed by atoms with Crippen LogP contribution in [-0.2, 0) is 14.0 Å². The van der Waals surface area contributed by atoms with Gasteiger partial charge in [0.2, 0.25) is 0 Å². The Balaban J connectivity index is 1.96. The minimum atomic E-state index is -3.93. The Morgan fingerprint density at radius 2 is 1.48 bits per heavy atom. The third-order valence-electron chi connectivity index (χ3n) is 3.06. The minimum absolute atomic E-state index is 0.0900. The summed E-state index contributed by atoms with van der Waals surface area (Å²) >= 11 is 0. The second kappa shape index (κ2) is 5.29. The standard InChI is InChI=1S/C12H13N2O6P/c15-11-13(6-8-18-11)21(17,14-7-9-19-12(14)16)20-10-4-2-1-3-5-10/h1-5H,6-9H2. The molecule has 112 valence electrons. The second-order valence-corrected chi connectivity index (χ2v) is 6.50. The fourth-order valence-corrected chi connectivity index (χ4v) is 4.13. The van der Waals surface area contributed by atoms with Gasteiger partial charge in [-0.25, -0.2) is 23.5 Å². The predicted octanol–water partition coefficient (Wildman–Crippen LogP) is 2.08. The zero-order valence-electron chi connectivity index (χ0n) is 11.0. The van der Waals surface area contributed by atoms with Gasteiger partial charge in [-0.05, 0) is 12.1 Å². The molecule has 0 atom stereocenters. The summed E-state index contributed by atoms with van der Waals surface area (Å²) in [5, 5.41) is 0. The Morgan fingerprint density at radius 1 is 0.952 bits per heavy atom. The first-order valence-electron chi connectivity index (χ1n) is 6.35. The number of carbonyl (C=O) groups is 2. The summed E-state index contributed by atoms with van der Waals surface area (Å²) in [7, 11) is -3.93. The van der Waals surface area contributed by atoms with Gasteiger partial charge in [-0.3, -0.25) is 0 Å². The first kappa shape index (κ1) is 13.8. The van der Waals surface area contributed by atoms with Gasteiger partial charge in [0, 0.05) is 0 Å². The smallest absolute Gasteiger partial charge is 0.447 e. The van der Waals surface area contributed by atoms with Crippen LogP contribution in [0.5, 0.6) is 5.75 Å². The number of benzene rings is 1. The van der Waals surface area contributed by atoms with E-state index in [1.54, 1.807) is 30.3 Å². The number of para-hydroxylation sites is 1. The SMILES string of the molecule is O=C1OCCN1P(=O)(Oc1ccccc1)N1CCOC1=O. The summed E-state index contributed by atoms with van der Waals surface area (Å²) in [5.74, 6) is 0.292. The lowest BCUT2D eigenvalue weighted by atomic mass is 10.3. The van der Waals surface area contributed by atoms with Gasteiger partial charge in [-0.15, -0.1) is 0 Å². The van der Waals surface area contributed by atoms with Crippen molar-refractivity contribution in [2.45, 2.75) is 0 Å². The van der Waals surface area contributed by atoms with Crippen LogP contribution < -0.4 is 4.52 Å². The molecule has 2 amide bonds. The number of ether oxygens (including phenoxy) is 2. The number of carbonyl (C=O) groups excluding carboxylic acids is 2. The maximum atomic E-state index is 13.2. The van der Waals surface area contributed by atoms with E-state index < -0.39 is 19.9 Å². The zero-order valence-corrected chi connectivity index (χ0v) is 11.9.